The number of aromatic nitrogens is 4. The van der Waals surface area contributed by atoms with E-state index in [-0.39, 0.29) is 23.5 Å². The number of nitrogens with one attached hydrogen (secondary N) is 1. The molecule has 2 aromatic heterocycles. The Balaban J connectivity index is 1.73. The summed E-state index contributed by atoms with van der Waals surface area (Å²) in [6.45, 7) is -0.700. The van der Waals surface area contributed by atoms with Crippen LogP contribution in [0, 0.1) is 0 Å². The van der Waals surface area contributed by atoms with Crippen LogP contribution in [0.15, 0.2) is 11.1 Å². The van der Waals surface area contributed by atoms with Gasteiger partial charge in [-0.25, -0.2) is 14.1 Å². The number of H-pyrrole nitrogens is 1. The third-order valence-corrected chi connectivity index (χ3v) is 5.73. The number of aliphatic hydroxyl groups excluding tert-OH is 1. The molecule has 0 aliphatic carbocycles. The number of phosphoric acid groups is 2. The van der Waals surface area contributed by atoms with E-state index in [1.807, 2.05) is 0 Å². The summed E-state index contributed by atoms with van der Waals surface area (Å²) in [6.07, 6.45) is -1.91. The van der Waals surface area contributed by atoms with Crippen molar-refractivity contribution in [3.63, 3.8) is 0 Å². The Hall–Kier alpha value is -1.67. The molecule has 1 saturated heterocycles. The van der Waals surface area contributed by atoms with Gasteiger partial charge in [-0.15, -0.1) is 0 Å². The van der Waals surface area contributed by atoms with Crippen LogP contribution in [0.4, 0.5) is 5.95 Å². The van der Waals surface area contributed by atoms with Crippen molar-refractivity contribution in [3.05, 3.63) is 16.7 Å². The molecular weight excluding hydrogens is 412 g/mol. The molecule has 4 atom stereocenters. The van der Waals surface area contributed by atoms with Crippen molar-refractivity contribution in [3.8, 4) is 0 Å². The number of nitrogen functional groups attached to an aromatic ring is 1. The smallest absolute Gasteiger partial charge is 0.390 e. The second kappa shape index (κ2) is 7.05. The lowest BCUT2D eigenvalue weighted by atomic mass is 10.2. The Morgan fingerprint density at radius 2 is 2.11 bits per heavy atom. The van der Waals surface area contributed by atoms with Gasteiger partial charge in [0.15, 0.2) is 11.2 Å². The first-order chi connectivity index (χ1) is 12.5. The average molecular weight is 427 g/mol. The molecule has 0 radical (unpaired) electrons. The molecule has 150 valence electrons. The van der Waals surface area contributed by atoms with Gasteiger partial charge in [0.2, 0.25) is 5.95 Å². The second-order valence-corrected chi connectivity index (χ2v) is 8.37. The summed E-state index contributed by atoms with van der Waals surface area (Å²) in [6, 6.07) is 0. The number of hydrogen-bond acceptors (Lipinski definition) is 10. The molecule has 15 nitrogen and oxygen atoms in total. The molecule has 2 aromatic rings. The van der Waals surface area contributed by atoms with Crippen molar-refractivity contribution in [1.82, 2.24) is 19.5 Å². The Kier molecular flexibility index (Phi) is 5.24. The Morgan fingerprint density at radius 1 is 1.41 bits per heavy atom. The van der Waals surface area contributed by atoms with Crippen LogP contribution in [0.3, 0.4) is 0 Å². The van der Waals surface area contributed by atoms with Gasteiger partial charge in [-0.1, -0.05) is 0 Å². The van der Waals surface area contributed by atoms with Crippen LogP contribution in [-0.2, 0) is 22.7 Å². The van der Waals surface area contributed by atoms with Crippen molar-refractivity contribution in [1.29, 1.82) is 0 Å². The van der Waals surface area contributed by atoms with E-state index < -0.39 is 46.2 Å². The van der Waals surface area contributed by atoms with Crippen LogP contribution in [0.1, 0.15) is 12.6 Å². The predicted octanol–water partition coefficient (Wildman–Crippen LogP) is -1.42. The highest BCUT2D eigenvalue weighted by molar-refractivity contribution is 7.60. The molecule has 1 aliphatic heterocycles. The van der Waals surface area contributed by atoms with E-state index in [4.69, 9.17) is 20.3 Å². The van der Waals surface area contributed by atoms with Gasteiger partial charge in [0.05, 0.1) is 19.0 Å². The van der Waals surface area contributed by atoms with Crippen molar-refractivity contribution in [2.45, 2.75) is 24.9 Å². The lowest BCUT2D eigenvalue weighted by Crippen LogP contribution is -2.26. The average Bonchev–Trinajstić information content (AvgIpc) is 3.06. The summed E-state index contributed by atoms with van der Waals surface area (Å²) in [5.41, 5.74) is 5.03. The van der Waals surface area contributed by atoms with E-state index in [9.17, 15) is 23.9 Å². The van der Waals surface area contributed by atoms with Gasteiger partial charge in [-0.05, 0) is 0 Å². The maximum Gasteiger partial charge on any atom is 0.481 e. The monoisotopic (exact) mass is 427 g/mol. The standard InChI is InChI=1S/C10H15N5O10P2/c11-10-13-8-7(9(17)14-10)12-3-15(8)6-1-4(16)5(24-6)2-23-27(21,22)25-26(18,19)20/h3-6,16H,1-2H2,(H,21,22)(H2,18,19,20)(H3,11,13,14,17)/t4-,5+,6?/m0/s1. The van der Waals surface area contributed by atoms with E-state index in [1.165, 1.54) is 10.9 Å². The summed E-state index contributed by atoms with van der Waals surface area (Å²) < 4.78 is 37.0. The zero-order chi connectivity index (χ0) is 20.0. The number of fused-ring (bicyclic) bond motifs is 1. The SMILES string of the molecule is Nc1nc2c(ncn2C2C[C@H](O)[C@@H](COP(=O)(O)OP(=O)(O)O)O2)c(=O)[nH]1. The number of ether oxygens (including phenoxy) is 1. The topological polar surface area (TPSA) is 232 Å². The molecule has 0 bridgehead atoms. The Labute approximate surface area is 149 Å². The minimum atomic E-state index is -5.26. The molecule has 0 amide bonds. The largest absolute Gasteiger partial charge is 0.481 e. The fourth-order valence-corrected chi connectivity index (χ4v) is 4.11. The van der Waals surface area contributed by atoms with Crippen molar-refractivity contribution >= 4 is 32.8 Å². The van der Waals surface area contributed by atoms with Gasteiger partial charge in [0, 0.05) is 6.42 Å². The van der Waals surface area contributed by atoms with Gasteiger partial charge < -0.3 is 30.3 Å². The van der Waals surface area contributed by atoms with Crippen molar-refractivity contribution < 1.29 is 42.5 Å². The molecule has 27 heavy (non-hydrogen) atoms. The molecule has 0 aromatic carbocycles. The molecule has 2 unspecified atom stereocenters. The highest BCUT2D eigenvalue weighted by Gasteiger charge is 2.39. The number of anilines is 1. The molecule has 3 heterocycles. The van der Waals surface area contributed by atoms with Gasteiger partial charge in [-0.3, -0.25) is 18.9 Å². The van der Waals surface area contributed by atoms with Gasteiger partial charge in [-0.2, -0.15) is 9.29 Å². The summed E-state index contributed by atoms with van der Waals surface area (Å²) in [7, 11) is -10.3. The van der Waals surface area contributed by atoms with Gasteiger partial charge in [0.25, 0.3) is 5.56 Å². The molecule has 0 spiro atoms. The highest BCUT2D eigenvalue weighted by Crippen LogP contribution is 2.57. The van der Waals surface area contributed by atoms with Gasteiger partial charge >= 0.3 is 15.6 Å². The first kappa shape index (κ1) is 20.1. The number of hydrogen-bond donors (Lipinski definition) is 6. The number of aliphatic hydroxyl groups is 1. The lowest BCUT2D eigenvalue weighted by molar-refractivity contribution is -0.0423. The number of aromatic amines is 1. The predicted molar refractivity (Wildman–Crippen MR) is 86.0 cm³/mol. The first-order valence-electron chi connectivity index (χ1n) is 7.25. The fourth-order valence-electron chi connectivity index (χ4n) is 2.52. The molecular formula is C10H15N5O10P2. The van der Waals surface area contributed by atoms with Crippen LogP contribution in [0.25, 0.3) is 11.2 Å². The molecule has 3 rings (SSSR count). The van der Waals surface area contributed by atoms with Crippen molar-refractivity contribution in [2.75, 3.05) is 12.3 Å². The first-order valence-corrected chi connectivity index (χ1v) is 10.3. The van der Waals surface area contributed by atoms with Crippen LogP contribution >= 0.6 is 15.6 Å². The molecule has 0 saturated carbocycles. The van der Waals surface area contributed by atoms with E-state index in [0.717, 1.165) is 0 Å². The highest BCUT2D eigenvalue weighted by atomic mass is 31.3. The van der Waals surface area contributed by atoms with E-state index in [0.29, 0.717) is 0 Å². The lowest BCUT2D eigenvalue weighted by Gasteiger charge is -2.18. The Morgan fingerprint density at radius 3 is 2.78 bits per heavy atom. The summed E-state index contributed by atoms with van der Waals surface area (Å²) in [4.78, 5) is 48.3. The Bertz CT molecular complexity index is 1000. The molecule has 7 N–H and O–H groups in total. The fraction of sp³-hybridized carbons (Fsp3) is 0.500. The van der Waals surface area contributed by atoms with E-state index in [1.54, 1.807) is 0 Å². The maximum atomic E-state index is 11.8. The number of nitrogens with two attached hydrogens (primary N) is 1. The van der Waals surface area contributed by atoms with Crippen LogP contribution < -0.4 is 11.3 Å². The quantitative estimate of drug-likeness (QED) is 0.291. The van der Waals surface area contributed by atoms with Crippen LogP contribution in [-0.4, -0.2) is 58.1 Å². The number of rotatable bonds is 6. The minimum Gasteiger partial charge on any atom is -0.390 e. The summed E-state index contributed by atoms with van der Waals surface area (Å²) >= 11 is 0. The molecule has 1 aliphatic rings. The minimum absolute atomic E-state index is 0.00288. The van der Waals surface area contributed by atoms with Crippen LogP contribution in [0.2, 0.25) is 0 Å². The zero-order valence-corrected chi connectivity index (χ0v) is 15.1. The van der Waals surface area contributed by atoms with Crippen molar-refractivity contribution in [2.24, 2.45) is 0 Å². The molecule has 1 fully saturated rings. The third kappa shape index (κ3) is 4.60. The molecule has 17 heteroatoms. The summed E-state index contributed by atoms with van der Waals surface area (Å²) in [5, 5.41) is 10.1. The van der Waals surface area contributed by atoms with Gasteiger partial charge in [0.1, 0.15) is 12.3 Å². The number of nitrogens with zero attached hydrogens (tertiary/aromatic N) is 3. The number of phosphoric ester groups is 1. The maximum absolute atomic E-state index is 11.8. The van der Waals surface area contributed by atoms with Crippen LogP contribution in [0.5, 0.6) is 0 Å². The zero-order valence-electron chi connectivity index (χ0n) is 13.3. The van der Waals surface area contributed by atoms with E-state index in [2.05, 4.69) is 23.8 Å². The summed E-state index contributed by atoms with van der Waals surface area (Å²) in [5.74, 6) is -0.150. The normalized spacial score (nSPS) is 25.7. The second-order valence-electron chi connectivity index (χ2n) is 5.54. The third-order valence-electron chi connectivity index (χ3n) is 3.58. The number of imidazole rings is 1. The van der Waals surface area contributed by atoms with E-state index >= 15 is 0 Å².